The molecular weight excluding hydrogens is 173 g/mol. The third-order valence-corrected chi connectivity index (χ3v) is 0. The van der Waals surface area contributed by atoms with Gasteiger partial charge in [-0.25, -0.2) is 0 Å². The summed E-state index contributed by atoms with van der Waals surface area (Å²) in [6, 6.07) is 0. The second-order valence-electron chi connectivity index (χ2n) is 0.402. The Kier molecular flexibility index (Phi) is 24.3. The predicted molar refractivity (Wildman–Crippen MR) is 28.2 cm³/mol. The van der Waals surface area contributed by atoms with Crippen LogP contribution in [0.15, 0.2) is 0 Å². The molecule has 0 aromatic rings. The van der Waals surface area contributed by atoms with Crippen molar-refractivity contribution in [2.75, 3.05) is 0 Å². The molecule has 0 aromatic heterocycles. The maximum atomic E-state index is 4.62. The zero-order valence-corrected chi connectivity index (χ0v) is 7.78. The fourth-order valence-corrected chi connectivity index (χ4v) is 0. The van der Waals surface area contributed by atoms with Gasteiger partial charge in [-0.3, -0.25) is 0 Å². The molecule has 0 aromatic carbocycles. The molecule has 0 aliphatic heterocycles. The van der Waals surface area contributed by atoms with Gasteiger partial charge in [0.1, 0.15) is 0 Å². The summed E-state index contributed by atoms with van der Waals surface area (Å²) in [4.78, 5) is 0. The van der Waals surface area contributed by atoms with Gasteiger partial charge in [0.2, 0.25) is 0 Å². The quantitative estimate of drug-likeness (QED) is 0.392. The van der Waals surface area contributed by atoms with E-state index in [1.165, 1.54) is 0 Å². The monoisotopic (exact) mass is 176 g/mol. The molecule has 0 saturated carbocycles. The number of hydrogen-bond donors (Lipinski definition) is 2. The largest absolute Gasteiger partial charge is 0.377 e. The molecule has 6 heavy (non-hydrogen) atoms. The SMILES string of the molecule is Cl.NC(N)=S.[Zn]. The average molecular weight is 178 g/mol. The Labute approximate surface area is 60.8 Å². The van der Waals surface area contributed by atoms with Crippen molar-refractivity contribution < 1.29 is 19.5 Å². The summed E-state index contributed by atoms with van der Waals surface area (Å²) in [6.07, 6.45) is 0. The van der Waals surface area contributed by atoms with Crippen molar-refractivity contribution in [3.8, 4) is 0 Å². The van der Waals surface area contributed by atoms with Crippen LogP contribution in [0.1, 0.15) is 0 Å². The zero-order valence-electron chi connectivity index (χ0n) is 3.18. The fourth-order valence-electron chi connectivity index (χ4n) is 0. The summed E-state index contributed by atoms with van der Waals surface area (Å²) >= 11 is 4.09. The van der Waals surface area contributed by atoms with Gasteiger partial charge in [-0.1, -0.05) is 0 Å². The minimum Gasteiger partial charge on any atom is -0.377 e. The van der Waals surface area contributed by atoms with E-state index in [0.717, 1.165) is 0 Å². The van der Waals surface area contributed by atoms with E-state index in [0.29, 0.717) is 0 Å². The number of nitrogens with two attached hydrogens (primary N) is 2. The second-order valence-corrected chi connectivity index (χ2v) is 0.874. The van der Waals surface area contributed by atoms with Crippen LogP contribution in [-0.4, -0.2) is 5.11 Å². The van der Waals surface area contributed by atoms with E-state index in [4.69, 9.17) is 0 Å². The molecule has 4 N–H and O–H groups in total. The van der Waals surface area contributed by atoms with Crippen LogP contribution in [-0.2, 0) is 19.5 Å². The van der Waals surface area contributed by atoms with Crippen molar-refractivity contribution in [2.45, 2.75) is 0 Å². The summed E-state index contributed by atoms with van der Waals surface area (Å²) < 4.78 is 0. The molecule has 0 radical (unpaired) electrons. The molecule has 0 saturated heterocycles. The third-order valence-electron chi connectivity index (χ3n) is 0. The molecule has 0 fully saturated rings. The van der Waals surface area contributed by atoms with Gasteiger partial charge < -0.3 is 11.5 Å². The van der Waals surface area contributed by atoms with E-state index in [1.807, 2.05) is 0 Å². The van der Waals surface area contributed by atoms with Crippen LogP contribution in [0.25, 0.3) is 0 Å². The topological polar surface area (TPSA) is 52.0 Å². The van der Waals surface area contributed by atoms with Crippen LogP contribution in [0, 0.1) is 0 Å². The summed E-state index contributed by atoms with van der Waals surface area (Å²) in [6.45, 7) is 0. The van der Waals surface area contributed by atoms with Crippen molar-refractivity contribution in [2.24, 2.45) is 11.5 Å². The van der Waals surface area contributed by atoms with E-state index >= 15 is 0 Å². The molecule has 0 atom stereocenters. The van der Waals surface area contributed by atoms with Crippen molar-refractivity contribution in [3.05, 3.63) is 0 Å². The average Bonchev–Trinajstić information content (AvgIpc) is 0.811. The Morgan fingerprint density at radius 2 is 1.33 bits per heavy atom. The van der Waals surface area contributed by atoms with Crippen LogP contribution in [0.5, 0.6) is 0 Å². The standard InChI is InChI=1S/CH4N2S.ClH.Zn/c2-1(3)4;;/h(H4,2,3,4);1H;. The van der Waals surface area contributed by atoms with Crippen molar-refractivity contribution in [1.29, 1.82) is 0 Å². The molecule has 0 bridgehead atoms. The van der Waals surface area contributed by atoms with Crippen molar-refractivity contribution in [3.63, 3.8) is 0 Å². The van der Waals surface area contributed by atoms with E-state index < -0.39 is 0 Å². The summed E-state index contributed by atoms with van der Waals surface area (Å²) in [7, 11) is 0. The smallest absolute Gasteiger partial charge is 0.160 e. The van der Waals surface area contributed by atoms with Gasteiger partial charge in [0.25, 0.3) is 0 Å². The Morgan fingerprint density at radius 3 is 1.33 bits per heavy atom. The molecule has 2 nitrogen and oxygen atoms in total. The number of rotatable bonds is 0. The van der Waals surface area contributed by atoms with Crippen LogP contribution in [0.4, 0.5) is 0 Å². The first-order valence-electron chi connectivity index (χ1n) is 0.781. The first-order valence-corrected chi connectivity index (χ1v) is 1.19. The summed E-state index contributed by atoms with van der Waals surface area (Å²) in [5.74, 6) is 0. The van der Waals surface area contributed by atoms with Crippen molar-refractivity contribution >= 4 is 29.7 Å². The molecule has 0 spiro atoms. The molecule has 5 heteroatoms. The van der Waals surface area contributed by atoms with Crippen LogP contribution < -0.4 is 11.5 Å². The predicted octanol–water partition coefficient (Wildman–Crippen LogP) is -0.392. The molecule has 34 valence electrons. The molecule has 0 heterocycles. The summed E-state index contributed by atoms with van der Waals surface area (Å²) in [5, 5.41) is 0.000000000000000222. The molecule has 0 aliphatic carbocycles. The Balaban J connectivity index is -0.0000000450. The van der Waals surface area contributed by atoms with Gasteiger partial charge >= 0.3 is 0 Å². The molecular formula is CH5ClN2SZn. The number of halogens is 1. The Bertz CT molecular complexity index is 36.5. The van der Waals surface area contributed by atoms with Gasteiger partial charge in [0.05, 0.1) is 0 Å². The Hall–Kier alpha value is 0.603. The van der Waals surface area contributed by atoms with Gasteiger partial charge in [0.15, 0.2) is 5.11 Å². The molecule has 0 unspecified atom stereocenters. The van der Waals surface area contributed by atoms with Crippen LogP contribution >= 0.6 is 24.6 Å². The van der Waals surface area contributed by atoms with Crippen LogP contribution in [0.3, 0.4) is 0 Å². The molecule has 0 aliphatic rings. The van der Waals surface area contributed by atoms with Gasteiger partial charge in [-0.15, -0.1) is 12.4 Å². The number of thiocarbonyl (C=S) groups is 1. The van der Waals surface area contributed by atoms with E-state index in [-0.39, 0.29) is 37.0 Å². The van der Waals surface area contributed by atoms with Crippen LogP contribution in [0.2, 0.25) is 0 Å². The van der Waals surface area contributed by atoms with E-state index in [1.54, 1.807) is 0 Å². The van der Waals surface area contributed by atoms with E-state index in [2.05, 4.69) is 23.7 Å². The maximum Gasteiger partial charge on any atom is 0.160 e. The first-order chi connectivity index (χ1) is 1.73. The minimum atomic E-state index is 0. The molecule has 0 rings (SSSR count). The minimum absolute atomic E-state index is 0. The normalized spacial score (nSPS) is 4.00. The maximum absolute atomic E-state index is 4.62. The molecule has 0 amide bonds. The van der Waals surface area contributed by atoms with Gasteiger partial charge in [-0.05, 0) is 12.2 Å². The van der Waals surface area contributed by atoms with Gasteiger partial charge in [-0.2, -0.15) is 0 Å². The fraction of sp³-hybridized carbons (Fsp3) is 0. The van der Waals surface area contributed by atoms with Crippen molar-refractivity contribution in [1.82, 2.24) is 0 Å². The Morgan fingerprint density at radius 1 is 1.33 bits per heavy atom. The summed E-state index contributed by atoms with van der Waals surface area (Å²) in [5.41, 5.74) is 9.24. The second kappa shape index (κ2) is 9.14. The van der Waals surface area contributed by atoms with Gasteiger partial charge in [0, 0.05) is 19.5 Å². The van der Waals surface area contributed by atoms with E-state index in [9.17, 15) is 0 Å². The first kappa shape index (κ1) is 16.0. The number of hydrogen-bond acceptors (Lipinski definition) is 1. The zero-order chi connectivity index (χ0) is 3.58. The third kappa shape index (κ3) is 164.